The molecule has 0 radical (unpaired) electrons. The second-order valence-electron chi connectivity index (χ2n) is 4.42. The van der Waals surface area contributed by atoms with Gasteiger partial charge in [-0.1, -0.05) is 12.8 Å². The zero-order valence-corrected chi connectivity index (χ0v) is 11.6. The van der Waals surface area contributed by atoms with E-state index in [1.165, 1.54) is 12.8 Å². The van der Waals surface area contributed by atoms with E-state index >= 15 is 0 Å². The number of aryl methyl sites for hydroxylation is 1. The van der Waals surface area contributed by atoms with Gasteiger partial charge < -0.3 is 10.1 Å². The number of ether oxygens (including phenoxy) is 1. The number of aromatic amines is 1. The molecule has 2 N–H and O–H groups in total. The highest BCUT2D eigenvalue weighted by Crippen LogP contribution is 2.24. The number of esters is 1. The van der Waals surface area contributed by atoms with Gasteiger partial charge in [0.05, 0.1) is 6.61 Å². The summed E-state index contributed by atoms with van der Waals surface area (Å²) in [5.41, 5.74) is 1.29. The summed E-state index contributed by atoms with van der Waals surface area (Å²) >= 11 is 0. The highest BCUT2D eigenvalue weighted by Gasteiger charge is 2.22. The largest absolute Gasteiger partial charge is 0.462 e. The Bertz CT molecular complexity index is 400. The predicted molar refractivity (Wildman–Crippen MR) is 72.4 cm³/mol. The molecule has 1 aliphatic carbocycles. The number of hydrogen-bond acceptors (Lipinski definition) is 4. The number of hydrogen-bond donors (Lipinski definition) is 2. The number of halogens is 1. The highest BCUT2D eigenvalue weighted by atomic mass is 35.5. The molecule has 0 spiro atoms. The molecule has 0 bridgehead atoms. The van der Waals surface area contributed by atoms with E-state index in [2.05, 4.69) is 15.5 Å². The van der Waals surface area contributed by atoms with Crippen molar-refractivity contribution in [3.05, 3.63) is 11.3 Å². The fourth-order valence-corrected chi connectivity index (χ4v) is 2.25. The van der Waals surface area contributed by atoms with Gasteiger partial charge in [-0.2, -0.15) is 5.10 Å². The van der Waals surface area contributed by atoms with Gasteiger partial charge in [0.15, 0.2) is 5.82 Å². The van der Waals surface area contributed by atoms with Crippen molar-refractivity contribution in [3.8, 4) is 0 Å². The van der Waals surface area contributed by atoms with Gasteiger partial charge in [-0.3, -0.25) is 5.10 Å². The molecular formula is C12H20ClN3O2. The molecule has 0 atom stereocenters. The van der Waals surface area contributed by atoms with Crippen LogP contribution >= 0.6 is 12.4 Å². The average molecular weight is 274 g/mol. The molecular weight excluding hydrogens is 254 g/mol. The summed E-state index contributed by atoms with van der Waals surface area (Å²) < 4.78 is 5.03. The normalized spacial score (nSPS) is 15.2. The van der Waals surface area contributed by atoms with Gasteiger partial charge in [0.2, 0.25) is 0 Å². The molecule has 2 rings (SSSR count). The Hall–Kier alpha value is -1.23. The molecule has 18 heavy (non-hydrogen) atoms. The van der Waals surface area contributed by atoms with Crippen LogP contribution in [-0.2, 0) is 4.74 Å². The Morgan fingerprint density at radius 2 is 2.17 bits per heavy atom. The number of rotatable bonds is 4. The fourth-order valence-electron chi connectivity index (χ4n) is 2.25. The second-order valence-corrected chi connectivity index (χ2v) is 4.42. The first-order valence-corrected chi connectivity index (χ1v) is 6.21. The van der Waals surface area contributed by atoms with Gasteiger partial charge in [0, 0.05) is 11.7 Å². The molecule has 0 amide bonds. The quantitative estimate of drug-likeness (QED) is 0.828. The number of H-pyrrole nitrogens is 1. The van der Waals surface area contributed by atoms with Crippen molar-refractivity contribution in [2.45, 2.75) is 45.6 Å². The molecule has 5 nitrogen and oxygen atoms in total. The summed E-state index contributed by atoms with van der Waals surface area (Å²) in [5, 5.41) is 10.3. The van der Waals surface area contributed by atoms with Gasteiger partial charge in [0.1, 0.15) is 5.56 Å². The molecule has 0 unspecified atom stereocenters. The van der Waals surface area contributed by atoms with Gasteiger partial charge >= 0.3 is 5.97 Å². The van der Waals surface area contributed by atoms with Gasteiger partial charge in [-0.25, -0.2) is 4.79 Å². The van der Waals surface area contributed by atoms with Crippen LogP contribution in [0, 0.1) is 6.92 Å². The van der Waals surface area contributed by atoms with Crippen LogP contribution in [0.2, 0.25) is 0 Å². The van der Waals surface area contributed by atoms with E-state index in [0.29, 0.717) is 24.0 Å². The van der Waals surface area contributed by atoms with Gasteiger partial charge in [-0.05, 0) is 26.7 Å². The highest BCUT2D eigenvalue weighted by molar-refractivity contribution is 5.95. The number of carbonyl (C=O) groups is 1. The maximum atomic E-state index is 11.8. The molecule has 1 heterocycles. The molecule has 1 aliphatic rings. The Kier molecular flexibility index (Phi) is 5.47. The van der Waals surface area contributed by atoms with E-state index in [1.54, 1.807) is 6.92 Å². The van der Waals surface area contributed by atoms with E-state index in [9.17, 15) is 4.79 Å². The van der Waals surface area contributed by atoms with Crippen LogP contribution < -0.4 is 5.32 Å². The lowest BCUT2D eigenvalue weighted by atomic mass is 10.2. The second kappa shape index (κ2) is 6.64. The third kappa shape index (κ3) is 3.16. The monoisotopic (exact) mass is 273 g/mol. The third-order valence-electron chi connectivity index (χ3n) is 3.12. The van der Waals surface area contributed by atoms with Crippen molar-refractivity contribution >= 4 is 24.2 Å². The summed E-state index contributed by atoms with van der Waals surface area (Å²) in [6, 6.07) is 0.436. The first-order valence-electron chi connectivity index (χ1n) is 6.21. The maximum absolute atomic E-state index is 11.8. The van der Waals surface area contributed by atoms with Crippen LogP contribution in [0.25, 0.3) is 0 Å². The standard InChI is InChI=1S/C12H19N3O2.ClH/c1-3-17-12(16)10-8(2)14-15-11(10)13-9-6-4-5-7-9;/h9H,3-7H2,1-2H3,(H2,13,14,15);1H. The Morgan fingerprint density at radius 1 is 1.50 bits per heavy atom. The summed E-state index contributed by atoms with van der Waals surface area (Å²) in [5.74, 6) is 0.326. The fraction of sp³-hybridized carbons (Fsp3) is 0.667. The molecule has 1 saturated carbocycles. The van der Waals surface area contributed by atoms with Crippen molar-refractivity contribution in [1.82, 2.24) is 10.2 Å². The first-order chi connectivity index (χ1) is 8.22. The minimum Gasteiger partial charge on any atom is -0.462 e. The number of anilines is 1. The number of carbonyl (C=O) groups excluding carboxylic acids is 1. The van der Waals surface area contributed by atoms with Crippen LogP contribution in [-0.4, -0.2) is 28.8 Å². The summed E-state index contributed by atoms with van der Waals surface area (Å²) in [6.45, 7) is 4.02. The Morgan fingerprint density at radius 3 is 2.78 bits per heavy atom. The molecule has 1 aromatic rings. The summed E-state index contributed by atoms with van der Waals surface area (Å²) in [4.78, 5) is 11.8. The first kappa shape index (κ1) is 14.8. The Labute approximate surface area is 113 Å². The van der Waals surface area contributed by atoms with Crippen LogP contribution in [0.15, 0.2) is 0 Å². The predicted octanol–water partition coefficient (Wildman–Crippen LogP) is 2.67. The van der Waals surface area contributed by atoms with Gasteiger partial charge in [0.25, 0.3) is 0 Å². The zero-order valence-electron chi connectivity index (χ0n) is 10.8. The Balaban J connectivity index is 0.00000162. The minimum absolute atomic E-state index is 0. The molecule has 1 aromatic heterocycles. The average Bonchev–Trinajstić information content (AvgIpc) is 2.90. The van der Waals surface area contributed by atoms with Crippen LogP contribution in [0.1, 0.15) is 48.7 Å². The smallest absolute Gasteiger partial charge is 0.343 e. The molecule has 0 saturated heterocycles. The SMILES string of the molecule is CCOC(=O)c1c(NC2CCCC2)n[nH]c1C.Cl. The van der Waals surface area contributed by atoms with E-state index in [4.69, 9.17) is 4.74 Å². The van der Waals surface area contributed by atoms with Crippen LogP contribution in [0.4, 0.5) is 5.82 Å². The molecule has 0 aliphatic heterocycles. The van der Waals surface area contributed by atoms with Crippen molar-refractivity contribution in [1.29, 1.82) is 0 Å². The molecule has 6 heteroatoms. The number of nitrogens with zero attached hydrogens (tertiary/aromatic N) is 1. The van der Waals surface area contributed by atoms with Gasteiger partial charge in [-0.15, -0.1) is 12.4 Å². The van der Waals surface area contributed by atoms with E-state index in [-0.39, 0.29) is 18.4 Å². The lowest BCUT2D eigenvalue weighted by molar-refractivity contribution is 0.0526. The maximum Gasteiger partial charge on any atom is 0.343 e. The minimum atomic E-state index is -0.306. The lowest BCUT2D eigenvalue weighted by Crippen LogP contribution is -2.17. The van der Waals surface area contributed by atoms with Crippen molar-refractivity contribution in [2.75, 3.05) is 11.9 Å². The summed E-state index contributed by atoms with van der Waals surface area (Å²) in [7, 11) is 0. The van der Waals surface area contributed by atoms with E-state index in [1.807, 2.05) is 6.92 Å². The van der Waals surface area contributed by atoms with Crippen molar-refractivity contribution in [2.24, 2.45) is 0 Å². The van der Waals surface area contributed by atoms with E-state index < -0.39 is 0 Å². The topological polar surface area (TPSA) is 67.0 Å². The molecule has 0 aromatic carbocycles. The number of aromatic nitrogens is 2. The van der Waals surface area contributed by atoms with E-state index in [0.717, 1.165) is 18.5 Å². The molecule has 102 valence electrons. The van der Waals surface area contributed by atoms with Crippen molar-refractivity contribution < 1.29 is 9.53 Å². The van der Waals surface area contributed by atoms with Crippen LogP contribution in [0.3, 0.4) is 0 Å². The lowest BCUT2D eigenvalue weighted by Gasteiger charge is -2.12. The third-order valence-corrected chi connectivity index (χ3v) is 3.12. The summed E-state index contributed by atoms with van der Waals surface area (Å²) in [6.07, 6.45) is 4.79. The number of nitrogens with one attached hydrogen (secondary N) is 2. The molecule has 1 fully saturated rings. The van der Waals surface area contributed by atoms with Crippen molar-refractivity contribution in [3.63, 3.8) is 0 Å². The zero-order chi connectivity index (χ0) is 12.3. The van der Waals surface area contributed by atoms with Crippen LogP contribution in [0.5, 0.6) is 0 Å².